The number of benzene rings is 1. The minimum absolute atomic E-state index is 0.222. The Morgan fingerprint density at radius 1 is 1.30 bits per heavy atom. The molecule has 1 atom stereocenters. The molecule has 164 valence electrons. The zero-order chi connectivity index (χ0) is 21.1. The van der Waals surface area contributed by atoms with Gasteiger partial charge in [-0.1, -0.05) is 0 Å². The van der Waals surface area contributed by atoms with Crippen LogP contribution in [0.25, 0.3) is 0 Å². The zero-order valence-electron chi connectivity index (χ0n) is 17.5. The van der Waals surface area contributed by atoms with Crippen LogP contribution < -0.4 is 10.2 Å². The number of likely N-dealkylation sites (tertiary alicyclic amines) is 1. The van der Waals surface area contributed by atoms with E-state index >= 15 is 0 Å². The van der Waals surface area contributed by atoms with Crippen molar-refractivity contribution in [2.75, 3.05) is 49.7 Å². The van der Waals surface area contributed by atoms with Gasteiger partial charge in [-0.15, -0.1) is 0 Å². The summed E-state index contributed by atoms with van der Waals surface area (Å²) in [5.41, 5.74) is 0.398. The fourth-order valence-corrected chi connectivity index (χ4v) is 5.03. The second-order valence-electron chi connectivity index (χ2n) is 8.41. The van der Waals surface area contributed by atoms with Crippen molar-refractivity contribution in [3.8, 4) is 0 Å². The summed E-state index contributed by atoms with van der Waals surface area (Å²) in [6.45, 7) is 5.42. The predicted octanol–water partition coefficient (Wildman–Crippen LogP) is 3.39. The minimum Gasteiger partial charge on any atom is -0.450 e. The maximum Gasteiger partial charge on any atom is 0.411 e. The summed E-state index contributed by atoms with van der Waals surface area (Å²) in [6.07, 6.45) is 3.72. The fraction of sp³-hybridized carbons (Fsp3) is 0.636. The van der Waals surface area contributed by atoms with Crippen LogP contribution in [-0.4, -0.2) is 62.4 Å². The number of hydrogen-bond donors (Lipinski definition) is 1. The lowest BCUT2D eigenvalue weighted by Crippen LogP contribution is -2.50. The van der Waals surface area contributed by atoms with Gasteiger partial charge in [0.2, 0.25) is 5.91 Å². The summed E-state index contributed by atoms with van der Waals surface area (Å²) in [5, 5.41) is 2.52. The Bertz CT molecular complexity index is 799. The molecular weight excluding hydrogens is 389 g/mol. The number of piperidine rings is 1. The maximum absolute atomic E-state index is 14.9. The number of carbonyl (C=O) groups is 2. The standard InChI is InChI=1S/C22H30FN3O4/c1-2-30-21(28)24-16-4-5-19(18(23)14-16)25-10-3-8-22(15-25)9-11-26(20(22)27)17-6-12-29-13-7-17/h4-5,14,17H,2-3,6-13,15H2,1H3,(H,24,28)/t22-/m1/s1. The van der Waals surface area contributed by atoms with Crippen LogP contribution >= 0.6 is 0 Å². The molecule has 4 rings (SSSR count). The summed E-state index contributed by atoms with van der Waals surface area (Å²) in [4.78, 5) is 29.0. The Labute approximate surface area is 176 Å². The number of amides is 2. The maximum atomic E-state index is 14.9. The molecule has 7 nitrogen and oxygen atoms in total. The van der Waals surface area contributed by atoms with Gasteiger partial charge in [-0.2, -0.15) is 0 Å². The van der Waals surface area contributed by atoms with Gasteiger partial charge in [0.1, 0.15) is 5.82 Å². The molecule has 0 aromatic heterocycles. The monoisotopic (exact) mass is 419 g/mol. The molecular formula is C22H30FN3O4. The van der Waals surface area contributed by atoms with Gasteiger partial charge < -0.3 is 19.3 Å². The van der Waals surface area contributed by atoms with Gasteiger partial charge in [0.15, 0.2) is 0 Å². The lowest BCUT2D eigenvalue weighted by molar-refractivity contribution is -0.139. The van der Waals surface area contributed by atoms with Crippen molar-refractivity contribution in [2.24, 2.45) is 5.41 Å². The van der Waals surface area contributed by atoms with Crippen molar-refractivity contribution in [1.29, 1.82) is 0 Å². The third-order valence-electron chi connectivity index (χ3n) is 6.56. The summed E-state index contributed by atoms with van der Waals surface area (Å²) in [7, 11) is 0. The lowest BCUT2D eigenvalue weighted by atomic mass is 9.78. The predicted molar refractivity (Wildman–Crippen MR) is 111 cm³/mol. The number of nitrogens with zero attached hydrogens (tertiary/aromatic N) is 2. The number of anilines is 2. The molecule has 0 radical (unpaired) electrons. The first-order valence-corrected chi connectivity index (χ1v) is 10.9. The van der Waals surface area contributed by atoms with Gasteiger partial charge in [-0.3, -0.25) is 10.1 Å². The van der Waals surface area contributed by atoms with E-state index in [2.05, 4.69) is 10.2 Å². The van der Waals surface area contributed by atoms with E-state index in [0.29, 0.717) is 37.7 Å². The van der Waals surface area contributed by atoms with Crippen molar-refractivity contribution in [3.63, 3.8) is 0 Å². The average Bonchev–Trinajstić information content (AvgIpc) is 3.04. The van der Waals surface area contributed by atoms with Gasteiger partial charge in [0, 0.05) is 44.6 Å². The van der Waals surface area contributed by atoms with Crippen LogP contribution in [0.5, 0.6) is 0 Å². The highest BCUT2D eigenvalue weighted by molar-refractivity contribution is 5.87. The molecule has 0 bridgehead atoms. The van der Waals surface area contributed by atoms with Crippen LogP contribution in [0.3, 0.4) is 0 Å². The first-order valence-electron chi connectivity index (χ1n) is 10.9. The summed E-state index contributed by atoms with van der Waals surface area (Å²) < 4.78 is 25.1. The lowest BCUT2D eigenvalue weighted by Gasteiger charge is -2.41. The van der Waals surface area contributed by atoms with Crippen LogP contribution in [0.15, 0.2) is 18.2 Å². The molecule has 3 aliphatic rings. The van der Waals surface area contributed by atoms with Gasteiger partial charge in [0.05, 0.1) is 17.7 Å². The topological polar surface area (TPSA) is 71.1 Å². The molecule has 3 heterocycles. The highest BCUT2D eigenvalue weighted by atomic mass is 19.1. The fourth-order valence-electron chi connectivity index (χ4n) is 5.03. The van der Waals surface area contributed by atoms with E-state index in [9.17, 15) is 14.0 Å². The Morgan fingerprint density at radius 3 is 2.83 bits per heavy atom. The van der Waals surface area contributed by atoms with Crippen LogP contribution in [-0.2, 0) is 14.3 Å². The van der Waals surface area contributed by atoms with Crippen LogP contribution in [0.4, 0.5) is 20.6 Å². The smallest absolute Gasteiger partial charge is 0.411 e. The van der Waals surface area contributed by atoms with E-state index in [4.69, 9.17) is 9.47 Å². The molecule has 3 aliphatic heterocycles. The van der Waals surface area contributed by atoms with Crippen LogP contribution in [0, 0.1) is 11.2 Å². The Hall–Kier alpha value is -2.35. The quantitative estimate of drug-likeness (QED) is 0.810. The van der Waals surface area contributed by atoms with E-state index in [0.717, 1.165) is 38.6 Å². The minimum atomic E-state index is -0.605. The van der Waals surface area contributed by atoms with Gasteiger partial charge in [-0.25, -0.2) is 9.18 Å². The first kappa shape index (κ1) is 20.9. The Kier molecular flexibility index (Phi) is 6.13. The Balaban J connectivity index is 1.46. The first-order chi connectivity index (χ1) is 14.5. The normalized spacial score (nSPS) is 25.1. The van der Waals surface area contributed by atoms with Gasteiger partial charge in [-0.05, 0) is 57.2 Å². The number of hydrogen-bond acceptors (Lipinski definition) is 5. The highest BCUT2D eigenvalue weighted by Gasteiger charge is 2.50. The third kappa shape index (κ3) is 4.10. The molecule has 30 heavy (non-hydrogen) atoms. The van der Waals surface area contributed by atoms with Crippen molar-refractivity contribution in [2.45, 2.75) is 45.1 Å². The second-order valence-corrected chi connectivity index (χ2v) is 8.41. The Morgan fingerprint density at radius 2 is 2.10 bits per heavy atom. The van der Waals surface area contributed by atoms with Gasteiger partial charge in [0.25, 0.3) is 0 Å². The molecule has 1 spiro atoms. The SMILES string of the molecule is CCOC(=O)Nc1ccc(N2CCC[C@@]3(CCN(C4CCOCC4)C3=O)C2)c(F)c1. The van der Waals surface area contributed by atoms with E-state index in [1.165, 1.54) is 6.07 Å². The molecule has 0 saturated carbocycles. The number of rotatable bonds is 4. The van der Waals surface area contributed by atoms with Gasteiger partial charge >= 0.3 is 6.09 Å². The number of ether oxygens (including phenoxy) is 2. The van der Waals surface area contributed by atoms with Crippen molar-refractivity contribution >= 4 is 23.4 Å². The molecule has 8 heteroatoms. The molecule has 0 unspecified atom stereocenters. The number of nitrogens with one attached hydrogen (secondary N) is 1. The van der Waals surface area contributed by atoms with Crippen molar-refractivity contribution in [3.05, 3.63) is 24.0 Å². The van der Waals surface area contributed by atoms with Crippen LogP contribution in [0.2, 0.25) is 0 Å². The molecule has 2 amide bonds. The molecule has 3 saturated heterocycles. The summed E-state index contributed by atoms with van der Waals surface area (Å²) in [6, 6.07) is 4.91. The average molecular weight is 419 g/mol. The second kappa shape index (κ2) is 8.79. The van der Waals surface area contributed by atoms with E-state index in [1.807, 2.05) is 4.90 Å². The van der Waals surface area contributed by atoms with E-state index in [-0.39, 0.29) is 18.6 Å². The number of carbonyl (C=O) groups excluding carboxylic acids is 2. The molecule has 1 N–H and O–H groups in total. The highest BCUT2D eigenvalue weighted by Crippen LogP contribution is 2.43. The molecule has 1 aromatic rings. The molecule has 3 fully saturated rings. The van der Waals surface area contributed by atoms with E-state index in [1.54, 1.807) is 19.1 Å². The third-order valence-corrected chi connectivity index (χ3v) is 6.56. The summed E-state index contributed by atoms with van der Waals surface area (Å²) >= 11 is 0. The van der Waals surface area contributed by atoms with E-state index < -0.39 is 17.3 Å². The largest absolute Gasteiger partial charge is 0.450 e. The number of halogens is 1. The zero-order valence-corrected chi connectivity index (χ0v) is 17.5. The van der Waals surface area contributed by atoms with Crippen molar-refractivity contribution < 1.29 is 23.5 Å². The van der Waals surface area contributed by atoms with Crippen LogP contribution in [0.1, 0.15) is 39.0 Å². The molecule has 0 aliphatic carbocycles. The van der Waals surface area contributed by atoms with Crippen molar-refractivity contribution in [1.82, 2.24) is 4.90 Å². The summed E-state index contributed by atoms with van der Waals surface area (Å²) in [5.74, 6) is -0.187. The molecule has 1 aromatic carbocycles.